The Morgan fingerprint density at radius 3 is 2.63 bits per heavy atom. The lowest BCUT2D eigenvalue weighted by Crippen LogP contribution is -2.24. The molecule has 0 amide bonds. The molecule has 1 heterocycles. The largest absolute Gasteiger partial charge is 0.486 e. The molecule has 0 aromatic heterocycles. The Hall–Kier alpha value is -1.46. The molecule has 3 N–H and O–H groups in total. The quantitative estimate of drug-likeness (QED) is 0.890. The summed E-state index contributed by atoms with van der Waals surface area (Å²) in [7, 11) is 0. The molecule has 0 saturated heterocycles. The van der Waals surface area contributed by atoms with Crippen molar-refractivity contribution in [3.8, 4) is 11.5 Å². The van der Waals surface area contributed by atoms with Gasteiger partial charge in [0.2, 0.25) is 0 Å². The summed E-state index contributed by atoms with van der Waals surface area (Å²) in [5, 5.41) is 9.48. The summed E-state index contributed by atoms with van der Waals surface area (Å²) in [6.07, 6.45) is 0. The van der Waals surface area contributed by atoms with Gasteiger partial charge in [0.05, 0.1) is 5.02 Å². The van der Waals surface area contributed by atoms with Crippen molar-refractivity contribution in [3.05, 3.63) is 22.2 Å². The fourth-order valence-electron chi connectivity index (χ4n) is 2.16. The molecule has 1 aromatic carbocycles. The van der Waals surface area contributed by atoms with Gasteiger partial charge >= 0.3 is 5.97 Å². The van der Waals surface area contributed by atoms with Gasteiger partial charge in [-0.15, -0.1) is 0 Å². The van der Waals surface area contributed by atoms with E-state index >= 15 is 0 Å². The Balaban J connectivity index is 2.64. The third-order valence-corrected chi connectivity index (χ3v) is 3.40. The van der Waals surface area contributed by atoms with Gasteiger partial charge in [0.25, 0.3) is 0 Å². The van der Waals surface area contributed by atoms with Crippen LogP contribution in [0.25, 0.3) is 0 Å². The number of rotatable bonds is 3. The van der Waals surface area contributed by atoms with Crippen molar-refractivity contribution in [1.29, 1.82) is 0 Å². The molecular weight excluding hydrogens is 270 g/mol. The average molecular weight is 286 g/mol. The fourth-order valence-corrected chi connectivity index (χ4v) is 2.63. The van der Waals surface area contributed by atoms with Crippen LogP contribution in [0.4, 0.5) is 0 Å². The summed E-state index contributed by atoms with van der Waals surface area (Å²) in [6.45, 7) is 4.69. The smallest absolute Gasteiger partial charge is 0.325 e. The highest BCUT2D eigenvalue weighted by molar-refractivity contribution is 6.33. The minimum Gasteiger partial charge on any atom is -0.486 e. The number of carboxylic acids is 1. The normalized spacial score (nSPS) is 15.4. The van der Waals surface area contributed by atoms with Gasteiger partial charge in [-0.3, -0.25) is 4.79 Å². The molecule has 1 aromatic rings. The molecule has 0 saturated carbocycles. The number of nitrogens with two attached hydrogens (primary N) is 1. The van der Waals surface area contributed by atoms with Crippen LogP contribution in [-0.2, 0) is 4.79 Å². The van der Waals surface area contributed by atoms with Crippen molar-refractivity contribution in [2.24, 2.45) is 5.73 Å². The molecule has 0 fully saturated rings. The maximum absolute atomic E-state index is 11.1. The maximum Gasteiger partial charge on any atom is 0.325 e. The first-order chi connectivity index (χ1) is 8.93. The molecule has 6 heteroatoms. The molecule has 19 heavy (non-hydrogen) atoms. The van der Waals surface area contributed by atoms with Crippen molar-refractivity contribution in [1.82, 2.24) is 0 Å². The van der Waals surface area contributed by atoms with Crippen LogP contribution >= 0.6 is 11.6 Å². The summed E-state index contributed by atoms with van der Waals surface area (Å²) in [5.74, 6) is -0.149. The highest BCUT2D eigenvalue weighted by Gasteiger charge is 2.28. The van der Waals surface area contributed by atoms with E-state index in [1.165, 1.54) is 0 Å². The number of fused-ring (bicyclic) bond motifs is 1. The predicted molar refractivity (Wildman–Crippen MR) is 71.1 cm³/mol. The Bertz CT molecular complexity index is 516. The molecule has 1 atom stereocenters. The maximum atomic E-state index is 11.1. The topological polar surface area (TPSA) is 81.8 Å². The summed E-state index contributed by atoms with van der Waals surface area (Å²) < 4.78 is 10.9. The van der Waals surface area contributed by atoms with E-state index in [1.807, 2.05) is 13.8 Å². The molecule has 0 aliphatic carbocycles. The van der Waals surface area contributed by atoms with Crippen LogP contribution in [0, 0.1) is 0 Å². The zero-order valence-corrected chi connectivity index (χ0v) is 11.5. The molecule has 2 rings (SSSR count). The van der Waals surface area contributed by atoms with E-state index in [4.69, 9.17) is 31.9 Å². The van der Waals surface area contributed by atoms with Gasteiger partial charge < -0.3 is 20.3 Å². The highest BCUT2D eigenvalue weighted by Crippen LogP contribution is 2.45. The first kappa shape index (κ1) is 14.0. The first-order valence-electron chi connectivity index (χ1n) is 6.03. The third-order valence-electron chi connectivity index (χ3n) is 3.02. The van der Waals surface area contributed by atoms with Gasteiger partial charge in [-0.25, -0.2) is 0 Å². The fraction of sp³-hybridized carbons (Fsp3) is 0.462. The van der Waals surface area contributed by atoms with Crippen LogP contribution in [0.1, 0.15) is 36.9 Å². The second-order valence-corrected chi connectivity index (χ2v) is 5.07. The third kappa shape index (κ3) is 2.48. The van der Waals surface area contributed by atoms with Crippen molar-refractivity contribution >= 4 is 17.6 Å². The first-order valence-corrected chi connectivity index (χ1v) is 6.41. The van der Waals surface area contributed by atoms with Gasteiger partial charge in [-0.05, 0) is 23.1 Å². The number of carboxylic acid groups (broad SMARTS) is 1. The molecule has 0 bridgehead atoms. The SMILES string of the molecule is CC(C)c1c(C(N)C(=O)O)cc2c(c1Cl)OCCO2. The monoisotopic (exact) mass is 285 g/mol. The van der Waals surface area contributed by atoms with Crippen molar-refractivity contribution in [2.75, 3.05) is 13.2 Å². The van der Waals surface area contributed by atoms with Crippen LogP contribution in [0.2, 0.25) is 5.02 Å². The number of hydrogen-bond acceptors (Lipinski definition) is 4. The van der Waals surface area contributed by atoms with Crippen LogP contribution < -0.4 is 15.2 Å². The van der Waals surface area contributed by atoms with E-state index < -0.39 is 12.0 Å². The number of ether oxygens (including phenoxy) is 2. The second-order valence-electron chi connectivity index (χ2n) is 4.69. The Labute approximate surface area is 116 Å². The van der Waals surface area contributed by atoms with Crippen LogP contribution in [0.5, 0.6) is 11.5 Å². The molecule has 104 valence electrons. The molecule has 1 aliphatic heterocycles. The number of carbonyl (C=O) groups is 1. The van der Waals surface area contributed by atoms with Crippen molar-refractivity contribution in [3.63, 3.8) is 0 Å². The lowest BCUT2D eigenvalue weighted by molar-refractivity contribution is -0.138. The standard InChI is InChI=1S/C13H16ClNO4/c1-6(2)9-7(11(15)13(16)17)5-8-12(10(9)14)19-4-3-18-8/h5-6,11H,3-4,15H2,1-2H3,(H,16,17). The number of aliphatic carboxylic acids is 1. The number of halogens is 1. The van der Waals surface area contributed by atoms with Crippen molar-refractivity contribution < 1.29 is 19.4 Å². The second kappa shape index (κ2) is 5.27. The minimum atomic E-state index is -1.13. The zero-order chi connectivity index (χ0) is 14.2. The van der Waals surface area contributed by atoms with E-state index in [2.05, 4.69) is 0 Å². The highest BCUT2D eigenvalue weighted by atomic mass is 35.5. The van der Waals surface area contributed by atoms with E-state index in [-0.39, 0.29) is 5.92 Å². The van der Waals surface area contributed by atoms with Gasteiger partial charge in [0, 0.05) is 0 Å². The molecule has 1 aliphatic rings. The lowest BCUT2D eigenvalue weighted by atomic mass is 9.92. The average Bonchev–Trinajstić information content (AvgIpc) is 2.37. The van der Waals surface area contributed by atoms with Crippen LogP contribution in [-0.4, -0.2) is 24.3 Å². The van der Waals surface area contributed by atoms with Crippen molar-refractivity contribution in [2.45, 2.75) is 25.8 Å². The Morgan fingerprint density at radius 1 is 1.42 bits per heavy atom. The number of hydrogen-bond donors (Lipinski definition) is 2. The van der Waals surface area contributed by atoms with E-state index in [0.29, 0.717) is 40.9 Å². The summed E-state index contributed by atoms with van der Waals surface area (Å²) in [4.78, 5) is 11.1. The van der Waals surface area contributed by atoms with Gasteiger partial charge in [0.15, 0.2) is 11.5 Å². The van der Waals surface area contributed by atoms with E-state index in [1.54, 1.807) is 6.07 Å². The van der Waals surface area contributed by atoms with Gasteiger partial charge in [-0.2, -0.15) is 0 Å². The molecular formula is C13H16ClNO4. The summed E-state index contributed by atoms with van der Waals surface area (Å²) in [5.41, 5.74) is 6.89. The minimum absolute atomic E-state index is 0.0312. The van der Waals surface area contributed by atoms with E-state index in [9.17, 15) is 4.79 Å². The summed E-state index contributed by atoms with van der Waals surface area (Å²) in [6, 6.07) is 0.486. The molecule has 0 spiro atoms. The zero-order valence-electron chi connectivity index (χ0n) is 10.8. The Kier molecular flexibility index (Phi) is 3.87. The Morgan fingerprint density at radius 2 is 2.05 bits per heavy atom. The van der Waals surface area contributed by atoms with Crippen LogP contribution in [0.15, 0.2) is 6.07 Å². The van der Waals surface area contributed by atoms with E-state index in [0.717, 1.165) is 0 Å². The molecule has 5 nitrogen and oxygen atoms in total. The lowest BCUT2D eigenvalue weighted by Gasteiger charge is -2.25. The van der Waals surface area contributed by atoms with Gasteiger partial charge in [0.1, 0.15) is 19.3 Å². The molecule has 1 unspecified atom stereocenters. The number of benzene rings is 1. The summed E-state index contributed by atoms with van der Waals surface area (Å²) >= 11 is 6.32. The van der Waals surface area contributed by atoms with Gasteiger partial charge in [-0.1, -0.05) is 25.4 Å². The molecule has 0 radical (unpaired) electrons. The predicted octanol–water partition coefficient (Wildman–Crippen LogP) is 2.32. The van der Waals surface area contributed by atoms with Crippen LogP contribution in [0.3, 0.4) is 0 Å².